The Morgan fingerprint density at radius 3 is 2.80 bits per heavy atom. The van der Waals surface area contributed by atoms with Crippen LogP contribution in [0.5, 0.6) is 0 Å². The fraction of sp³-hybridized carbons (Fsp3) is 0.481. The molecule has 2 aromatic heterocycles. The molecule has 8 heteroatoms. The van der Waals surface area contributed by atoms with Crippen molar-refractivity contribution in [1.29, 1.82) is 0 Å². The van der Waals surface area contributed by atoms with Gasteiger partial charge in [-0.05, 0) is 74.9 Å². The SMILES string of the molecule is O=C(C=Cc1cnc2c(c1)CC1(CCN(C3CC3)CC1)C(=O)N2)N1CC=C(Cc2nccs2)CC1. The Morgan fingerprint density at radius 2 is 2.09 bits per heavy atom. The lowest BCUT2D eigenvalue weighted by Gasteiger charge is -2.43. The van der Waals surface area contributed by atoms with Gasteiger partial charge in [0.2, 0.25) is 11.8 Å². The minimum Gasteiger partial charge on any atom is -0.335 e. The molecule has 4 aliphatic rings. The number of piperidine rings is 1. The molecule has 0 bridgehead atoms. The zero-order valence-electron chi connectivity index (χ0n) is 19.9. The molecular weight excluding hydrogens is 458 g/mol. The van der Waals surface area contributed by atoms with E-state index in [1.165, 1.54) is 18.4 Å². The van der Waals surface area contributed by atoms with E-state index in [2.05, 4.69) is 32.3 Å². The Morgan fingerprint density at radius 1 is 1.23 bits per heavy atom. The number of likely N-dealkylation sites (tertiary alicyclic amines) is 1. The van der Waals surface area contributed by atoms with E-state index in [0.29, 0.717) is 12.4 Å². The van der Waals surface area contributed by atoms with Crippen molar-refractivity contribution < 1.29 is 9.59 Å². The van der Waals surface area contributed by atoms with Crippen LogP contribution in [0.15, 0.2) is 41.6 Å². The maximum Gasteiger partial charge on any atom is 0.246 e. The fourth-order valence-electron chi connectivity index (χ4n) is 5.59. The molecule has 3 aliphatic heterocycles. The average molecular weight is 490 g/mol. The first-order valence-electron chi connectivity index (χ1n) is 12.7. The minimum atomic E-state index is -0.325. The lowest BCUT2D eigenvalue weighted by Crippen LogP contribution is -2.50. The third-order valence-electron chi connectivity index (χ3n) is 7.94. The minimum absolute atomic E-state index is 0.0180. The van der Waals surface area contributed by atoms with E-state index in [4.69, 9.17) is 0 Å². The lowest BCUT2D eigenvalue weighted by molar-refractivity contribution is -0.129. The molecule has 2 aromatic rings. The molecule has 0 aromatic carbocycles. The molecular formula is C27H31N5O2S. The van der Waals surface area contributed by atoms with Crippen molar-refractivity contribution in [2.24, 2.45) is 5.41 Å². The number of carbonyl (C=O) groups is 2. The summed E-state index contributed by atoms with van der Waals surface area (Å²) >= 11 is 1.68. The molecule has 35 heavy (non-hydrogen) atoms. The number of fused-ring (bicyclic) bond motifs is 1. The van der Waals surface area contributed by atoms with Crippen LogP contribution in [-0.2, 0) is 22.4 Å². The first-order valence-corrected chi connectivity index (χ1v) is 13.5. The van der Waals surface area contributed by atoms with E-state index >= 15 is 0 Å². The standard InChI is InChI=1S/C27H31N5O2S/c33-24(32-10-5-19(6-11-32)16-23-28-9-14-35-23)4-1-20-15-21-17-27(26(34)30-25(21)29-18-20)7-12-31(13-8-27)22-2-3-22/h1,4-5,9,14-15,18,22H,2-3,6-8,10-13,16-17H2,(H,29,30,34). The maximum atomic E-state index is 13.0. The third kappa shape index (κ3) is 4.82. The van der Waals surface area contributed by atoms with E-state index in [1.807, 2.05) is 22.6 Å². The Hall–Kier alpha value is -2.84. The molecule has 2 amide bonds. The summed E-state index contributed by atoms with van der Waals surface area (Å²) < 4.78 is 0. The number of thiazole rings is 1. The summed E-state index contributed by atoms with van der Waals surface area (Å²) in [5.41, 5.74) is 3.00. The van der Waals surface area contributed by atoms with Gasteiger partial charge in [0.1, 0.15) is 5.82 Å². The zero-order valence-corrected chi connectivity index (χ0v) is 20.7. The van der Waals surface area contributed by atoms with Gasteiger partial charge in [-0.3, -0.25) is 9.59 Å². The van der Waals surface area contributed by atoms with Crippen LogP contribution in [0.25, 0.3) is 6.08 Å². The summed E-state index contributed by atoms with van der Waals surface area (Å²) in [5, 5.41) is 6.19. The van der Waals surface area contributed by atoms with Crippen molar-refractivity contribution in [1.82, 2.24) is 19.8 Å². The second-order valence-corrected chi connectivity index (χ2v) is 11.3. The topological polar surface area (TPSA) is 78.4 Å². The normalized spacial score (nSPS) is 22.2. The Balaban J connectivity index is 1.09. The molecule has 5 heterocycles. The quantitative estimate of drug-likeness (QED) is 0.512. The number of hydrogen-bond donors (Lipinski definition) is 1. The molecule has 1 aliphatic carbocycles. The van der Waals surface area contributed by atoms with Gasteiger partial charge in [0.05, 0.1) is 10.4 Å². The highest BCUT2D eigenvalue weighted by Gasteiger charge is 2.46. The maximum absolute atomic E-state index is 13.0. The van der Waals surface area contributed by atoms with Crippen molar-refractivity contribution in [3.8, 4) is 0 Å². The molecule has 2 fully saturated rings. The monoisotopic (exact) mass is 489 g/mol. The van der Waals surface area contributed by atoms with Crippen LogP contribution in [0.1, 0.15) is 48.2 Å². The largest absolute Gasteiger partial charge is 0.335 e. The van der Waals surface area contributed by atoms with Crippen LogP contribution in [0, 0.1) is 5.41 Å². The van der Waals surface area contributed by atoms with Crippen molar-refractivity contribution in [2.75, 3.05) is 31.5 Å². The van der Waals surface area contributed by atoms with Crippen LogP contribution >= 0.6 is 11.3 Å². The number of amides is 2. The predicted octanol–water partition coefficient (Wildman–Crippen LogP) is 3.69. The molecule has 1 saturated heterocycles. The number of nitrogens with zero attached hydrogens (tertiary/aromatic N) is 4. The second kappa shape index (κ2) is 9.32. The molecule has 0 atom stereocenters. The molecule has 1 spiro atoms. The summed E-state index contributed by atoms with van der Waals surface area (Å²) in [6.07, 6.45) is 16.2. The zero-order chi connectivity index (χ0) is 23.8. The van der Waals surface area contributed by atoms with Gasteiger partial charge in [-0.25, -0.2) is 9.97 Å². The first-order chi connectivity index (χ1) is 17.1. The van der Waals surface area contributed by atoms with Crippen LogP contribution in [0.4, 0.5) is 5.82 Å². The van der Waals surface area contributed by atoms with Crippen molar-refractivity contribution >= 4 is 35.0 Å². The number of rotatable bonds is 5. The number of hydrogen-bond acceptors (Lipinski definition) is 6. The van der Waals surface area contributed by atoms with Gasteiger partial charge in [0.15, 0.2) is 0 Å². The first kappa shape index (κ1) is 22.6. The van der Waals surface area contributed by atoms with E-state index in [1.54, 1.807) is 23.6 Å². The number of nitrogens with one attached hydrogen (secondary N) is 1. The highest BCUT2D eigenvalue weighted by atomic mass is 32.1. The van der Waals surface area contributed by atoms with Crippen LogP contribution < -0.4 is 5.32 Å². The second-order valence-electron chi connectivity index (χ2n) is 10.3. The van der Waals surface area contributed by atoms with E-state index in [9.17, 15) is 9.59 Å². The van der Waals surface area contributed by atoms with Gasteiger partial charge in [0, 0.05) is 49.4 Å². The molecule has 0 unspecified atom stereocenters. The number of anilines is 1. The number of carbonyl (C=O) groups excluding carboxylic acids is 2. The molecule has 182 valence electrons. The van der Waals surface area contributed by atoms with Crippen LogP contribution in [0.2, 0.25) is 0 Å². The molecule has 1 saturated carbocycles. The van der Waals surface area contributed by atoms with Crippen LogP contribution in [-0.4, -0.2) is 63.8 Å². The fourth-order valence-corrected chi connectivity index (χ4v) is 6.26. The summed E-state index contributed by atoms with van der Waals surface area (Å²) in [4.78, 5) is 39.0. The molecule has 0 radical (unpaired) electrons. The smallest absolute Gasteiger partial charge is 0.246 e. The third-order valence-corrected chi connectivity index (χ3v) is 8.72. The molecule has 6 rings (SSSR count). The summed E-state index contributed by atoms with van der Waals surface area (Å²) in [7, 11) is 0. The summed E-state index contributed by atoms with van der Waals surface area (Å²) in [6, 6.07) is 2.84. The Kier molecular flexibility index (Phi) is 6.02. The summed E-state index contributed by atoms with van der Waals surface area (Å²) in [5.74, 6) is 0.811. The van der Waals surface area contributed by atoms with Gasteiger partial charge < -0.3 is 15.1 Å². The molecule has 1 N–H and O–H groups in total. The lowest BCUT2D eigenvalue weighted by atomic mass is 9.71. The highest BCUT2D eigenvalue weighted by molar-refractivity contribution is 7.09. The highest BCUT2D eigenvalue weighted by Crippen LogP contribution is 2.43. The van der Waals surface area contributed by atoms with Gasteiger partial charge in [-0.2, -0.15) is 0 Å². The number of aromatic nitrogens is 2. The summed E-state index contributed by atoms with van der Waals surface area (Å²) in [6.45, 7) is 3.38. The Labute approximate surface area is 209 Å². The predicted molar refractivity (Wildman–Crippen MR) is 137 cm³/mol. The Bertz CT molecular complexity index is 1180. The van der Waals surface area contributed by atoms with Gasteiger partial charge >= 0.3 is 0 Å². The van der Waals surface area contributed by atoms with Crippen molar-refractivity contribution in [3.05, 3.63) is 57.7 Å². The van der Waals surface area contributed by atoms with Gasteiger partial charge in [0.25, 0.3) is 0 Å². The van der Waals surface area contributed by atoms with Gasteiger partial charge in [-0.15, -0.1) is 11.3 Å². The van der Waals surface area contributed by atoms with Gasteiger partial charge in [-0.1, -0.05) is 11.6 Å². The number of pyridine rings is 1. The average Bonchev–Trinajstić information content (AvgIpc) is 3.60. The van der Waals surface area contributed by atoms with E-state index < -0.39 is 0 Å². The van der Waals surface area contributed by atoms with E-state index in [0.717, 1.165) is 73.9 Å². The van der Waals surface area contributed by atoms with E-state index in [-0.39, 0.29) is 17.2 Å². The van der Waals surface area contributed by atoms with Crippen LogP contribution in [0.3, 0.4) is 0 Å². The van der Waals surface area contributed by atoms with Crippen molar-refractivity contribution in [2.45, 2.75) is 51.0 Å². The van der Waals surface area contributed by atoms with Crippen molar-refractivity contribution in [3.63, 3.8) is 0 Å². The molecule has 7 nitrogen and oxygen atoms in total.